The van der Waals surface area contributed by atoms with Crippen molar-refractivity contribution in [3.05, 3.63) is 53.8 Å². The number of rotatable bonds is 12. The molecule has 2 aromatic carbocycles. The van der Waals surface area contributed by atoms with Crippen LogP contribution >= 0.6 is 11.8 Å². The molecule has 1 amide bonds. The summed E-state index contributed by atoms with van der Waals surface area (Å²) >= 11 is 1.57. The molecule has 0 radical (unpaired) electrons. The van der Waals surface area contributed by atoms with Crippen molar-refractivity contribution in [2.45, 2.75) is 66.4 Å². The van der Waals surface area contributed by atoms with Gasteiger partial charge >= 0.3 is 0 Å². The molecule has 0 aliphatic heterocycles. The van der Waals surface area contributed by atoms with Gasteiger partial charge in [0.25, 0.3) is 15.9 Å². The van der Waals surface area contributed by atoms with Gasteiger partial charge in [-0.05, 0) is 82.4 Å². The number of benzene rings is 2. The molecule has 212 valence electrons. The molecule has 2 N–H and O–H groups in total. The van der Waals surface area contributed by atoms with Gasteiger partial charge in [-0.15, -0.1) is 11.8 Å². The van der Waals surface area contributed by atoms with Crippen LogP contribution in [0.1, 0.15) is 50.5 Å². The zero-order chi connectivity index (χ0) is 28.5. The number of amides is 1. The van der Waals surface area contributed by atoms with E-state index in [4.69, 9.17) is 4.74 Å². The quantitative estimate of drug-likeness (QED) is 0.275. The molecular formula is C28H37FN4O4S2. The van der Waals surface area contributed by atoms with Crippen LogP contribution in [0, 0.1) is 17.1 Å². The molecule has 0 aromatic heterocycles. The lowest BCUT2D eigenvalue weighted by atomic mass is 9.93. The number of thioether (sulfide) groups is 1. The van der Waals surface area contributed by atoms with Crippen molar-refractivity contribution < 1.29 is 22.3 Å². The highest BCUT2D eigenvalue weighted by molar-refractivity contribution is 7.99. The average molecular weight is 577 g/mol. The van der Waals surface area contributed by atoms with E-state index in [1.165, 1.54) is 31.4 Å². The highest BCUT2D eigenvalue weighted by Gasteiger charge is 2.40. The number of halogens is 1. The molecular weight excluding hydrogens is 539 g/mol. The second-order valence-corrected chi connectivity index (χ2v) is 12.8. The molecule has 39 heavy (non-hydrogen) atoms. The predicted molar refractivity (Wildman–Crippen MR) is 152 cm³/mol. The average Bonchev–Trinajstić information content (AvgIpc) is 3.17. The van der Waals surface area contributed by atoms with Crippen molar-refractivity contribution in [2.24, 2.45) is 0 Å². The highest BCUT2D eigenvalue weighted by atomic mass is 32.2. The van der Waals surface area contributed by atoms with Crippen LogP contribution in [0.25, 0.3) is 0 Å². The summed E-state index contributed by atoms with van der Waals surface area (Å²) in [4.78, 5) is 15.9. The van der Waals surface area contributed by atoms with Crippen LogP contribution in [0.15, 0.2) is 52.3 Å². The summed E-state index contributed by atoms with van der Waals surface area (Å²) < 4.78 is 47.3. The Kier molecular flexibility index (Phi) is 11.2. The minimum atomic E-state index is -4.22. The molecule has 0 unspecified atom stereocenters. The van der Waals surface area contributed by atoms with Crippen LogP contribution in [0.3, 0.4) is 0 Å². The Morgan fingerprint density at radius 1 is 1.15 bits per heavy atom. The van der Waals surface area contributed by atoms with Gasteiger partial charge in [0.2, 0.25) is 0 Å². The van der Waals surface area contributed by atoms with Crippen molar-refractivity contribution in [1.82, 2.24) is 9.62 Å². The fourth-order valence-corrected chi connectivity index (χ4v) is 6.61. The third-order valence-corrected chi connectivity index (χ3v) is 9.42. The monoisotopic (exact) mass is 576 g/mol. The van der Waals surface area contributed by atoms with Gasteiger partial charge in [-0.25, -0.2) is 17.5 Å². The lowest BCUT2D eigenvalue weighted by molar-refractivity contribution is -0.143. The van der Waals surface area contributed by atoms with Gasteiger partial charge in [0.05, 0.1) is 16.1 Å². The zero-order valence-electron chi connectivity index (χ0n) is 22.7. The number of nitriles is 1. The van der Waals surface area contributed by atoms with E-state index in [-0.39, 0.29) is 22.3 Å². The van der Waals surface area contributed by atoms with E-state index in [2.05, 4.69) is 21.0 Å². The van der Waals surface area contributed by atoms with Crippen molar-refractivity contribution >= 4 is 33.4 Å². The summed E-state index contributed by atoms with van der Waals surface area (Å²) in [6.07, 6.45) is 5.21. The maximum Gasteiger partial charge on any atom is 0.265 e. The summed E-state index contributed by atoms with van der Waals surface area (Å²) in [7, 11) is 1.17. The smallest absolute Gasteiger partial charge is 0.265 e. The number of ether oxygens (including phenoxy) is 1. The van der Waals surface area contributed by atoms with Gasteiger partial charge in [0.1, 0.15) is 17.5 Å². The fraction of sp³-hybridized carbons (Fsp3) is 0.500. The first kappa shape index (κ1) is 30.9. The van der Waals surface area contributed by atoms with E-state index in [1.54, 1.807) is 30.0 Å². The van der Waals surface area contributed by atoms with Crippen LogP contribution in [0.4, 0.5) is 10.1 Å². The molecule has 2 aromatic rings. The number of sulfonamides is 1. The Morgan fingerprint density at radius 2 is 1.82 bits per heavy atom. The molecule has 3 rings (SSSR count). The maximum absolute atomic E-state index is 13.3. The summed E-state index contributed by atoms with van der Waals surface area (Å²) in [6.45, 7) is 0.795. The molecule has 0 bridgehead atoms. The summed E-state index contributed by atoms with van der Waals surface area (Å²) in [6, 6.07) is 12.5. The van der Waals surface area contributed by atoms with Crippen LogP contribution in [-0.2, 0) is 19.6 Å². The van der Waals surface area contributed by atoms with E-state index in [9.17, 15) is 22.9 Å². The molecule has 0 spiro atoms. The number of hydrogen-bond acceptors (Lipinski definition) is 8. The Morgan fingerprint density at radius 3 is 2.41 bits per heavy atom. The molecule has 11 heteroatoms. The van der Waals surface area contributed by atoms with E-state index in [1.807, 2.05) is 14.1 Å². The first-order valence-corrected chi connectivity index (χ1v) is 15.5. The molecule has 0 saturated heterocycles. The summed E-state index contributed by atoms with van der Waals surface area (Å²) in [5.74, 6) is -0.313. The number of nitrogens with zero attached hydrogens (tertiary/aromatic N) is 2. The zero-order valence-corrected chi connectivity index (χ0v) is 24.3. The highest BCUT2D eigenvalue weighted by Crippen LogP contribution is 2.31. The molecule has 1 atom stereocenters. The van der Waals surface area contributed by atoms with E-state index in [0.29, 0.717) is 24.3 Å². The van der Waals surface area contributed by atoms with Crippen LogP contribution in [-0.4, -0.2) is 64.4 Å². The molecule has 1 fully saturated rings. The third kappa shape index (κ3) is 8.67. The SMILES string of the molecule is COC1(C(=O)NS(=O)(=O)c2ccc(N[C@H](CCN(C)C)CSc3ccc(F)cc3)c(C#N)c2)CCCCCC1. The molecule has 1 saturated carbocycles. The van der Waals surface area contributed by atoms with Crippen molar-refractivity contribution in [2.75, 3.05) is 38.8 Å². The Bertz CT molecular complexity index is 1260. The Balaban J connectivity index is 1.77. The van der Waals surface area contributed by atoms with E-state index >= 15 is 0 Å². The van der Waals surface area contributed by atoms with Gasteiger partial charge in [0.15, 0.2) is 0 Å². The Hall–Kier alpha value is -2.65. The number of methoxy groups -OCH3 is 1. The number of nitrogens with one attached hydrogen (secondary N) is 2. The van der Waals surface area contributed by atoms with Crippen molar-refractivity contribution in [3.63, 3.8) is 0 Å². The van der Waals surface area contributed by atoms with Crippen LogP contribution in [0.5, 0.6) is 0 Å². The molecule has 8 nitrogen and oxygen atoms in total. The lowest BCUT2D eigenvalue weighted by Crippen LogP contribution is -2.49. The fourth-order valence-electron chi connectivity index (χ4n) is 4.57. The number of carbonyl (C=O) groups is 1. The molecule has 0 heterocycles. The second kappa shape index (κ2) is 14.1. The summed E-state index contributed by atoms with van der Waals surface area (Å²) in [5.41, 5.74) is -0.517. The number of anilines is 1. The topological polar surface area (TPSA) is 112 Å². The van der Waals surface area contributed by atoms with Crippen LogP contribution in [0.2, 0.25) is 0 Å². The molecule has 1 aliphatic rings. The largest absolute Gasteiger partial charge is 0.380 e. The standard InChI is InChI=1S/C28H37FN4O4S2/c1-33(2)17-14-23(20-38-24-10-8-22(29)9-11-24)31-26-13-12-25(18-21(26)19-30)39(35,36)32-27(34)28(37-3)15-6-4-5-7-16-28/h8-13,18,23,31H,4-7,14-17,20H2,1-3H3,(H,32,34)/t23-/m1/s1. The molecule has 1 aliphatic carbocycles. The van der Waals surface area contributed by atoms with Gasteiger partial charge in [-0.1, -0.05) is 25.7 Å². The number of hydrogen-bond donors (Lipinski definition) is 2. The first-order chi connectivity index (χ1) is 18.6. The first-order valence-electron chi connectivity index (χ1n) is 13.0. The van der Waals surface area contributed by atoms with E-state index in [0.717, 1.165) is 43.5 Å². The van der Waals surface area contributed by atoms with Crippen molar-refractivity contribution in [1.29, 1.82) is 5.26 Å². The van der Waals surface area contributed by atoms with Gasteiger partial charge in [-0.3, -0.25) is 4.79 Å². The third-order valence-electron chi connectivity index (χ3n) is 6.91. The van der Waals surface area contributed by atoms with Gasteiger partial charge < -0.3 is 15.0 Å². The normalized spacial score (nSPS) is 16.2. The maximum atomic E-state index is 13.3. The second-order valence-electron chi connectivity index (χ2n) is 10.1. The minimum absolute atomic E-state index is 0.0477. The minimum Gasteiger partial charge on any atom is -0.380 e. The van der Waals surface area contributed by atoms with Gasteiger partial charge in [0, 0.05) is 23.8 Å². The predicted octanol–water partition coefficient (Wildman–Crippen LogP) is 4.77. The van der Waals surface area contributed by atoms with E-state index < -0.39 is 21.5 Å². The Labute approximate surface area is 235 Å². The summed E-state index contributed by atoms with van der Waals surface area (Å²) in [5, 5.41) is 13.2. The number of carbonyl (C=O) groups excluding carboxylic acids is 1. The van der Waals surface area contributed by atoms with Gasteiger partial charge in [-0.2, -0.15) is 5.26 Å². The lowest BCUT2D eigenvalue weighted by Gasteiger charge is -2.29. The van der Waals surface area contributed by atoms with Crippen LogP contribution < -0.4 is 10.0 Å². The van der Waals surface area contributed by atoms with Crippen molar-refractivity contribution in [3.8, 4) is 6.07 Å².